The monoisotopic (exact) mass is 406 g/mol. The molecule has 0 bridgehead atoms. The van der Waals surface area contributed by atoms with Gasteiger partial charge < -0.3 is 10.1 Å². The first-order valence-corrected chi connectivity index (χ1v) is 8.93. The molecule has 0 saturated carbocycles. The molecule has 152 valence electrons. The maximum Gasteiger partial charge on any atom is 0.331 e. The van der Waals surface area contributed by atoms with Gasteiger partial charge in [-0.2, -0.15) is 5.10 Å². The Kier molecular flexibility index (Phi) is 6.33. The highest BCUT2D eigenvalue weighted by molar-refractivity contribution is 5.94. The van der Waals surface area contributed by atoms with Crippen molar-refractivity contribution in [2.24, 2.45) is 0 Å². The first-order valence-electron chi connectivity index (χ1n) is 8.93. The highest BCUT2D eigenvalue weighted by atomic mass is 16.6. The lowest BCUT2D eigenvalue weighted by molar-refractivity contribution is -0.384. The number of para-hydroxylation sites is 1. The zero-order chi connectivity index (χ0) is 21.5. The van der Waals surface area contributed by atoms with Gasteiger partial charge in [0.05, 0.1) is 16.3 Å². The number of nitro groups is 1. The Morgan fingerprint density at radius 3 is 2.67 bits per heavy atom. The number of aromatic nitrogens is 2. The quantitative estimate of drug-likeness (QED) is 0.279. The maximum absolute atomic E-state index is 12.2. The average molecular weight is 406 g/mol. The van der Waals surface area contributed by atoms with Gasteiger partial charge in [0.2, 0.25) is 0 Å². The topological polar surface area (TPSA) is 116 Å². The van der Waals surface area contributed by atoms with E-state index in [2.05, 4.69) is 10.4 Å². The number of rotatable bonds is 7. The lowest BCUT2D eigenvalue weighted by Crippen LogP contribution is -2.21. The van der Waals surface area contributed by atoms with Crippen LogP contribution in [0, 0.1) is 17.0 Å². The molecule has 1 amide bonds. The van der Waals surface area contributed by atoms with E-state index in [1.807, 2.05) is 30.3 Å². The Morgan fingerprint density at radius 1 is 1.17 bits per heavy atom. The van der Waals surface area contributed by atoms with Crippen LogP contribution in [0.1, 0.15) is 11.3 Å². The van der Waals surface area contributed by atoms with Crippen molar-refractivity contribution in [1.29, 1.82) is 0 Å². The van der Waals surface area contributed by atoms with Crippen LogP contribution in [0.15, 0.2) is 66.7 Å². The van der Waals surface area contributed by atoms with Crippen molar-refractivity contribution in [3.8, 4) is 5.69 Å². The van der Waals surface area contributed by atoms with Crippen molar-refractivity contribution >= 4 is 29.5 Å². The van der Waals surface area contributed by atoms with Crippen LogP contribution in [-0.4, -0.2) is 33.2 Å². The van der Waals surface area contributed by atoms with Crippen LogP contribution in [0.25, 0.3) is 11.8 Å². The molecular formula is C21H18N4O5. The van der Waals surface area contributed by atoms with Crippen molar-refractivity contribution in [2.45, 2.75) is 6.92 Å². The van der Waals surface area contributed by atoms with Gasteiger partial charge in [0.15, 0.2) is 6.61 Å². The Morgan fingerprint density at radius 2 is 1.93 bits per heavy atom. The predicted octanol–water partition coefficient (Wildman–Crippen LogP) is 3.28. The second kappa shape index (κ2) is 9.28. The van der Waals surface area contributed by atoms with E-state index >= 15 is 0 Å². The molecule has 0 spiro atoms. The molecule has 1 N–H and O–H groups in total. The van der Waals surface area contributed by atoms with Crippen molar-refractivity contribution in [3.05, 3.63) is 88.1 Å². The molecule has 0 unspecified atom stereocenters. The smallest absolute Gasteiger partial charge is 0.331 e. The first kappa shape index (κ1) is 20.5. The minimum atomic E-state index is -0.746. The fourth-order valence-electron chi connectivity index (χ4n) is 2.62. The fourth-order valence-corrected chi connectivity index (χ4v) is 2.62. The molecule has 2 aromatic carbocycles. The standard InChI is InChI=1S/C21H18N4O5/c1-15-12-19(24(23-15)17-7-3-2-4-8-17)22-20(26)14-30-21(27)11-10-16-6-5-9-18(13-16)25(28)29/h2-13H,14H2,1H3,(H,22,26)/b11-10+. The number of benzene rings is 2. The number of carbonyl (C=O) groups is 2. The molecule has 0 atom stereocenters. The van der Waals surface area contributed by atoms with Crippen LogP contribution < -0.4 is 5.32 Å². The van der Waals surface area contributed by atoms with Crippen molar-refractivity contribution in [1.82, 2.24) is 9.78 Å². The molecule has 9 heteroatoms. The lowest BCUT2D eigenvalue weighted by atomic mass is 10.2. The Bertz CT molecular complexity index is 1110. The predicted molar refractivity (Wildman–Crippen MR) is 110 cm³/mol. The highest BCUT2D eigenvalue weighted by Gasteiger charge is 2.12. The van der Waals surface area contributed by atoms with Crippen molar-refractivity contribution in [3.63, 3.8) is 0 Å². The number of hydrogen-bond acceptors (Lipinski definition) is 6. The second-order valence-corrected chi connectivity index (χ2v) is 6.26. The van der Waals surface area contributed by atoms with Crippen LogP contribution >= 0.6 is 0 Å². The summed E-state index contributed by atoms with van der Waals surface area (Å²) in [6.45, 7) is 1.31. The number of hydrogen-bond donors (Lipinski definition) is 1. The number of non-ortho nitro benzene ring substituents is 1. The molecular weight excluding hydrogens is 388 g/mol. The van der Waals surface area contributed by atoms with Gasteiger partial charge in [-0.25, -0.2) is 9.48 Å². The number of aryl methyl sites for hydroxylation is 1. The van der Waals surface area contributed by atoms with E-state index < -0.39 is 23.4 Å². The average Bonchev–Trinajstić information content (AvgIpc) is 3.11. The van der Waals surface area contributed by atoms with E-state index in [1.54, 1.807) is 23.7 Å². The zero-order valence-corrected chi connectivity index (χ0v) is 16.0. The molecule has 0 fully saturated rings. The zero-order valence-electron chi connectivity index (χ0n) is 16.0. The number of ether oxygens (including phenoxy) is 1. The van der Waals surface area contributed by atoms with E-state index in [0.29, 0.717) is 17.1 Å². The number of amides is 1. The van der Waals surface area contributed by atoms with Gasteiger partial charge >= 0.3 is 5.97 Å². The second-order valence-electron chi connectivity index (χ2n) is 6.26. The number of nitro benzene ring substituents is 1. The van der Waals surface area contributed by atoms with E-state index in [1.165, 1.54) is 24.3 Å². The molecule has 0 aliphatic rings. The normalized spacial score (nSPS) is 10.7. The summed E-state index contributed by atoms with van der Waals surface area (Å²) in [6, 6.07) is 16.8. The third-order valence-corrected chi connectivity index (χ3v) is 3.94. The number of carbonyl (C=O) groups excluding carboxylic acids is 2. The molecule has 9 nitrogen and oxygen atoms in total. The van der Waals surface area contributed by atoms with Gasteiger partial charge in [-0.05, 0) is 30.7 Å². The summed E-state index contributed by atoms with van der Waals surface area (Å²) in [6.07, 6.45) is 2.48. The number of esters is 1. The fraction of sp³-hybridized carbons (Fsp3) is 0.0952. The first-order chi connectivity index (χ1) is 14.4. The summed E-state index contributed by atoms with van der Waals surface area (Å²) in [5.74, 6) is -0.819. The van der Waals surface area contributed by atoms with Gasteiger partial charge in [0.25, 0.3) is 11.6 Å². The summed E-state index contributed by atoms with van der Waals surface area (Å²) in [4.78, 5) is 34.3. The van der Waals surface area contributed by atoms with E-state index in [-0.39, 0.29) is 5.69 Å². The SMILES string of the molecule is Cc1cc(NC(=O)COC(=O)/C=C/c2cccc([N+](=O)[O-])c2)n(-c2ccccc2)n1. The molecule has 0 aliphatic carbocycles. The number of anilines is 1. The van der Waals surface area contributed by atoms with E-state index in [4.69, 9.17) is 4.74 Å². The van der Waals surface area contributed by atoms with Crippen molar-refractivity contribution < 1.29 is 19.2 Å². The largest absolute Gasteiger partial charge is 0.452 e. The van der Waals surface area contributed by atoms with Crippen LogP contribution in [-0.2, 0) is 14.3 Å². The molecule has 1 heterocycles. The maximum atomic E-state index is 12.2. The Labute approximate surface area is 171 Å². The summed E-state index contributed by atoms with van der Waals surface area (Å²) >= 11 is 0. The van der Waals surface area contributed by atoms with Gasteiger partial charge in [-0.1, -0.05) is 30.3 Å². The van der Waals surface area contributed by atoms with Gasteiger partial charge in [-0.3, -0.25) is 14.9 Å². The molecule has 3 rings (SSSR count). The van der Waals surface area contributed by atoms with E-state index in [9.17, 15) is 19.7 Å². The highest BCUT2D eigenvalue weighted by Crippen LogP contribution is 2.17. The number of nitrogens with one attached hydrogen (secondary N) is 1. The van der Waals surface area contributed by atoms with E-state index in [0.717, 1.165) is 11.8 Å². The Balaban J connectivity index is 1.57. The van der Waals surface area contributed by atoms with Crippen LogP contribution in [0.2, 0.25) is 0 Å². The summed E-state index contributed by atoms with van der Waals surface area (Å²) < 4.78 is 6.51. The molecule has 30 heavy (non-hydrogen) atoms. The lowest BCUT2D eigenvalue weighted by Gasteiger charge is -2.08. The molecule has 3 aromatic rings. The number of nitrogens with zero attached hydrogens (tertiary/aromatic N) is 3. The van der Waals surface area contributed by atoms with Gasteiger partial charge in [0.1, 0.15) is 5.82 Å². The van der Waals surface area contributed by atoms with Crippen LogP contribution in [0.4, 0.5) is 11.5 Å². The third-order valence-electron chi connectivity index (χ3n) is 3.94. The molecule has 0 aliphatic heterocycles. The molecule has 0 saturated heterocycles. The van der Waals surface area contributed by atoms with Crippen LogP contribution in [0.5, 0.6) is 0 Å². The van der Waals surface area contributed by atoms with Gasteiger partial charge in [-0.15, -0.1) is 0 Å². The minimum Gasteiger partial charge on any atom is -0.452 e. The van der Waals surface area contributed by atoms with Gasteiger partial charge in [0, 0.05) is 24.3 Å². The Hall–Kier alpha value is -4.27. The summed E-state index contributed by atoms with van der Waals surface area (Å²) in [7, 11) is 0. The minimum absolute atomic E-state index is 0.0878. The molecule has 0 radical (unpaired) electrons. The summed E-state index contributed by atoms with van der Waals surface area (Å²) in [5.41, 5.74) is 1.87. The van der Waals surface area contributed by atoms with Crippen LogP contribution in [0.3, 0.4) is 0 Å². The van der Waals surface area contributed by atoms with Crippen molar-refractivity contribution in [2.75, 3.05) is 11.9 Å². The summed E-state index contributed by atoms with van der Waals surface area (Å²) in [5, 5.41) is 17.8. The molecule has 1 aromatic heterocycles. The third kappa shape index (κ3) is 5.38.